The summed E-state index contributed by atoms with van der Waals surface area (Å²) in [6.07, 6.45) is -0.0886. The minimum atomic E-state index is -1.56. The average Bonchev–Trinajstić information content (AvgIpc) is 3.17. The number of rotatable bonds is 12. The Kier molecular flexibility index (Phi) is 9.10. The van der Waals surface area contributed by atoms with Crippen LogP contribution >= 0.6 is 0 Å². The highest BCUT2D eigenvalue weighted by atomic mass is 16.4. The van der Waals surface area contributed by atoms with Gasteiger partial charge in [-0.05, 0) is 18.6 Å². The molecule has 13 heteroatoms. The van der Waals surface area contributed by atoms with Crippen molar-refractivity contribution < 1.29 is 34.2 Å². The first-order valence-electron chi connectivity index (χ1n) is 10.4. The number of aromatic nitrogens is 1. The predicted molar refractivity (Wildman–Crippen MR) is 120 cm³/mol. The van der Waals surface area contributed by atoms with Crippen LogP contribution in [0, 0.1) is 0 Å². The van der Waals surface area contributed by atoms with Crippen molar-refractivity contribution in [3.8, 4) is 0 Å². The van der Waals surface area contributed by atoms with E-state index in [1.807, 2.05) is 24.3 Å². The lowest BCUT2D eigenvalue weighted by Gasteiger charge is -2.21. The molecule has 0 aliphatic heterocycles. The lowest BCUT2D eigenvalue weighted by molar-refractivity contribution is -0.144. The number of fused-ring (bicyclic) bond motifs is 1. The summed E-state index contributed by atoms with van der Waals surface area (Å²) in [6, 6.07) is 3.28. The first-order valence-corrected chi connectivity index (χ1v) is 10.4. The molecule has 1 aromatic heterocycles. The summed E-state index contributed by atoms with van der Waals surface area (Å²) in [5, 5.41) is 26.2. The molecule has 0 radical (unpaired) electrons. The standard InChI is InChI=1S/C21H28N6O7/c1-10(28)18(21(33)34)27-17(30)9-25-20(32)15(26-19(31)13(22)7-16(23)29)6-11-8-24-14-5-3-2-4-12(11)14/h2-5,8,10,13,15,18,24,28H,6-7,9,22H2,1H3,(H2,23,29)(H,25,32)(H,26,31)(H,27,30)(H,33,34). The van der Waals surface area contributed by atoms with Crippen LogP contribution in [-0.2, 0) is 30.4 Å². The Hall–Kier alpha value is -3.97. The fraction of sp³-hybridized carbons (Fsp3) is 0.381. The third-order valence-electron chi connectivity index (χ3n) is 4.98. The maximum atomic E-state index is 12.8. The van der Waals surface area contributed by atoms with E-state index in [-0.39, 0.29) is 6.42 Å². The number of nitrogens with two attached hydrogens (primary N) is 2. The first-order chi connectivity index (χ1) is 16.0. The van der Waals surface area contributed by atoms with E-state index >= 15 is 0 Å². The molecule has 1 aromatic carbocycles. The van der Waals surface area contributed by atoms with Crippen LogP contribution in [0.3, 0.4) is 0 Å². The van der Waals surface area contributed by atoms with Gasteiger partial charge in [-0.2, -0.15) is 0 Å². The Morgan fingerprint density at radius 1 is 1.09 bits per heavy atom. The number of para-hydroxylation sites is 1. The molecule has 2 rings (SSSR count). The molecule has 0 aliphatic rings. The number of aromatic amines is 1. The smallest absolute Gasteiger partial charge is 0.328 e. The van der Waals surface area contributed by atoms with Crippen molar-refractivity contribution >= 4 is 40.5 Å². The van der Waals surface area contributed by atoms with E-state index in [1.54, 1.807) is 6.20 Å². The predicted octanol–water partition coefficient (Wildman–Crippen LogP) is -2.54. The Bertz CT molecular complexity index is 1070. The van der Waals surface area contributed by atoms with E-state index < -0.39 is 66.8 Å². The van der Waals surface area contributed by atoms with Crippen molar-refractivity contribution in [2.75, 3.05) is 6.54 Å². The van der Waals surface area contributed by atoms with Crippen molar-refractivity contribution in [1.29, 1.82) is 0 Å². The molecule has 34 heavy (non-hydrogen) atoms. The van der Waals surface area contributed by atoms with Gasteiger partial charge >= 0.3 is 5.97 Å². The Balaban J connectivity index is 2.13. The van der Waals surface area contributed by atoms with Gasteiger partial charge in [0.2, 0.25) is 23.6 Å². The summed E-state index contributed by atoms with van der Waals surface area (Å²) in [5.74, 6) is -4.62. The molecule has 0 bridgehead atoms. The number of carboxylic acids is 1. The topological polar surface area (TPSA) is 230 Å². The molecule has 10 N–H and O–H groups in total. The number of carboxylic acid groups (broad SMARTS) is 1. The van der Waals surface area contributed by atoms with Crippen molar-refractivity contribution in [2.45, 2.75) is 44.0 Å². The van der Waals surface area contributed by atoms with Crippen molar-refractivity contribution in [3.63, 3.8) is 0 Å². The van der Waals surface area contributed by atoms with Gasteiger partial charge in [-0.25, -0.2) is 4.79 Å². The molecule has 13 nitrogen and oxygen atoms in total. The fourth-order valence-corrected chi connectivity index (χ4v) is 3.22. The second kappa shape index (κ2) is 11.8. The van der Waals surface area contributed by atoms with Gasteiger partial charge in [-0.1, -0.05) is 18.2 Å². The van der Waals surface area contributed by atoms with Crippen molar-refractivity contribution in [3.05, 3.63) is 36.0 Å². The number of carbonyl (C=O) groups excluding carboxylic acids is 4. The molecule has 0 fully saturated rings. The molecule has 4 amide bonds. The average molecular weight is 476 g/mol. The zero-order valence-corrected chi connectivity index (χ0v) is 18.4. The van der Waals surface area contributed by atoms with Crippen LogP contribution in [0.4, 0.5) is 0 Å². The summed E-state index contributed by atoms with van der Waals surface area (Å²) in [6.45, 7) is 0.586. The van der Waals surface area contributed by atoms with Gasteiger partial charge in [0, 0.05) is 23.5 Å². The number of hydrogen-bond acceptors (Lipinski definition) is 7. The highest BCUT2D eigenvalue weighted by Crippen LogP contribution is 2.19. The molecule has 0 saturated carbocycles. The maximum absolute atomic E-state index is 12.8. The molecule has 0 aliphatic carbocycles. The lowest BCUT2D eigenvalue weighted by atomic mass is 10.0. The van der Waals surface area contributed by atoms with Crippen LogP contribution in [0.25, 0.3) is 10.9 Å². The van der Waals surface area contributed by atoms with Gasteiger partial charge in [0.25, 0.3) is 0 Å². The summed E-state index contributed by atoms with van der Waals surface area (Å²) >= 11 is 0. The molecular formula is C21H28N6O7. The van der Waals surface area contributed by atoms with Crippen LogP contribution in [0.1, 0.15) is 18.9 Å². The van der Waals surface area contributed by atoms with E-state index in [0.29, 0.717) is 5.56 Å². The first kappa shape index (κ1) is 26.3. The SMILES string of the molecule is CC(O)C(NC(=O)CNC(=O)C(Cc1c[nH]c2ccccc12)NC(=O)C(N)CC(N)=O)C(=O)O. The highest BCUT2D eigenvalue weighted by Gasteiger charge is 2.28. The van der Waals surface area contributed by atoms with Gasteiger partial charge in [-0.3, -0.25) is 19.2 Å². The maximum Gasteiger partial charge on any atom is 0.328 e. The van der Waals surface area contributed by atoms with Crippen LogP contribution in [0.2, 0.25) is 0 Å². The number of carbonyl (C=O) groups is 5. The number of amides is 4. The second-order valence-electron chi connectivity index (χ2n) is 7.74. The minimum absolute atomic E-state index is 0.0257. The van der Waals surface area contributed by atoms with Crippen LogP contribution in [0.15, 0.2) is 30.5 Å². The second-order valence-corrected chi connectivity index (χ2v) is 7.74. The van der Waals surface area contributed by atoms with E-state index in [1.165, 1.54) is 6.92 Å². The zero-order chi connectivity index (χ0) is 25.4. The number of aliphatic hydroxyl groups excluding tert-OH is 1. The summed E-state index contributed by atoms with van der Waals surface area (Å²) in [4.78, 5) is 62.6. The Morgan fingerprint density at radius 3 is 2.38 bits per heavy atom. The van der Waals surface area contributed by atoms with E-state index in [9.17, 15) is 29.1 Å². The lowest BCUT2D eigenvalue weighted by Crippen LogP contribution is -2.55. The molecule has 184 valence electrons. The number of hydrogen-bond donors (Lipinski definition) is 8. The van der Waals surface area contributed by atoms with E-state index in [2.05, 4.69) is 20.9 Å². The van der Waals surface area contributed by atoms with Gasteiger partial charge in [0.15, 0.2) is 6.04 Å². The molecular weight excluding hydrogens is 448 g/mol. The monoisotopic (exact) mass is 476 g/mol. The number of aliphatic hydroxyl groups is 1. The summed E-state index contributed by atoms with van der Waals surface area (Å²) < 4.78 is 0. The van der Waals surface area contributed by atoms with Gasteiger partial charge < -0.3 is 42.6 Å². The molecule has 4 unspecified atom stereocenters. The summed E-state index contributed by atoms with van der Waals surface area (Å²) in [5.41, 5.74) is 12.2. The van der Waals surface area contributed by atoms with Gasteiger partial charge in [-0.15, -0.1) is 0 Å². The molecule has 2 aromatic rings. The van der Waals surface area contributed by atoms with Gasteiger partial charge in [0.1, 0.15) is 6.04 Å². The fourth-order valence-electron chi connectivity index (χ4n) is 3.22. The van der Waals surface area contributed by atoms with Gasteiger partial charge in [0.05, 0.1) is 25.1 Å². The third kappa shape index (κ3) is 7.28. The zero-order valence-electron chi connectivity index (χ0n) is 18.4. The molecule has 0 saturated heterocycles. The Labute approximate surface area is 194 Å². The number of aliphatic carboxylic acids is 1. The number of H-pyrrole nitrogens is 1. The number of primary amides is 1. The third-order valence-corrected chi connectivity index (χ3v) is 4.98. The molecule has 4 atom stereocenters. The van der Waals surface area contributed by atoms with Crippen molar-refractivity contribution in [1.82, 2.24) is 20.9 Å². The summed E-state index contributed by atoms with van der Waals surface area (Å²) in [7, 11) is 0. The minimum Gasteiger partial charge on any atom is -0.480 e. The molecule has 1 heterocycles. The van der Waals surface area contributed by atoms with Crippen LogP contribution in [0.5, 0.6) is 0 Å². The van der Waals surface area contributed by atoms with E-state index in [4.69, 9.17) is 16.6 Å². The van der Waals surface area contributed by atoms with Crippen LogP contribution < -0.4 is 27.4 Å². The van der Waals surface area contributed by atoms with Crippen molar-refractivity contribution in [2.24, 2.45) is 11.5 Å². The number of nitrogens with one attached hydrogen (secondary N) is 4. The number of benzene rings is 1. The molecule has 0 spiro atoms. The highest BCUT2D eigenvalue weighted by molar-refractivity contribution is 5.94. The quantitative estimate of drug-likeness (QED) is 0.162. The Morgan fingerprint density at radius 2 is 1.76 bits per heavy atom. The largest absolute Gasteiger partial charge is 0.480 e. The normalized spacial score (nSPS) is 14.4. The van der Waals surface area contributed by atoms with E-state index in [0.717, 1.165) is 10.9 Å². The van der Waals surface area contributed by atoms with Crippen LogP contribution in [-0.4, -0.2) is 75.6 Å².